The monoisotopic (exact) mass is 269 g/mol. The number of rotatable bonds is 5. The summed E-state index contributed by atoms with van der Waals surface area (Å²) in [7, 11) is 0. The van der Waals surface area contributed by atoms with Crippen LogP contribution in [0.2, 0.25) is 0 Å². The Bertz CT molecular complexity index is 423. The van der Waals surface area contributed by atoms with E-state index < -0.39 is 18.0 Å². The topological polar surface area (TPSA) is 104 Å². The molecule has 0 aliphatic heterocycles. The summed E-state index contributed by atoms with van der Waals surface area (Å²) in [5.74, 6) is -0.947. The van der Waals surface area contributed by atoms with E-state index in [1.54, 1.807) is 6.07 Å². The molecule has 106 valence electrons. The van der Waals surface area contributed by atoms with E-state index in [2.05, 4.69) is 20.3 Å². The van der Waals surface area contributed by atoms with Gasteiger partial charge in [0, 0.05) is 12.1 Å². The van der Waals surface area contributed by atoms with E-state index in [0.29, 0.717) is 5.69 Å². The van der Waals surface area contributed by atoms with Gasteiger partial charge < -0.3 is 20.3 Å². The van der Waals surface area contributed by atoms with Crippen LogP contribution in [0.3, 0.4) is 0 Å². The van der Waals surface area contributed by atoms with Crippen molar-refractivity contribution in [2.75, 3.05) is 0 Å². The van der Waals surface area contributed by atoms with Crippen LogP contribution in [-0.4, -0.2) is 28.3 Å². The predicted molar refractivity (Wildman–Crippen MR) is 67.4 cm³/mol. The van der Waals surface area contributed by atoms with Gasteiger partial charge in [-0.3, -0.25) is 4.79 Å². The highest BCUT2D eigenvalue weighted by molar-refractivity contribution is 5.75. The molecule has 0 aliphatic carbocycles. The number of amides is 2. The predicted octanol–water partition coefficient (Wildman–Crippen LogP) is 1.36. The lowest BCUT2D eigenvalue weighted by molar-refractivity contribution is -0.138. The molecule has 1 aromatic heterocycles. The molecule has 0 fully saturated rings. The minimum absolute atomic E-state index is 0.124. The third-order valence-electron chi connectivity index (χ3n) is 2.65. The average Bonchev–Trinajstić information content (AvgIpc) is 2.76. The quantitative estimate of drug-likeness (QED) is 0.748. The number of carbonyl (C=O) groups is 2. The van der Waals surface area contributed by atoms with Gasteiger partial charge in [0.05, 0.1) is 13.0 Å². The van der Waals surface area contributed by atoms with Gasteiger partial charge in [0.15, 0.2) is 0 Å². The molecule has 1 unspecified atom stereocenters. The molecule has 0 spiro atoms. The molecule has 0 saturated carbocycles. The number of hydrogen-bond donors (Lipinski definition) is 3. The average molecular weight is 269 g/mol. The van der Waals surface area contributed by atoms with E-state index in [4.69, 9.17) is 5.11 Å². The van der Waals surface area contributed by atoms with Crippen LogP contribution >= 0.6 is 0 Å². The fourth-order valence-electron chi connectivity index (χ4n) is 1.46. The van der Waals surface area contributed by atoms with Crippen molar-refractivity contribution < 1.29 is 19.2 Å². The van der Waals surface area contributed by atoms with Crippen molar-refractivity contribution in [3.63, 3.8) is 0 Å². The summed E-state index contributed by atoms with van der Waals surface area (Å²) < 4.78 is 4.64. The molecule has 0 saturated heterocycles. The Balaban J connectivity index is 2.49. The van der Waals surface area contributed by atoms with Gasteiger partial charge in [-0.1, -0.05) is 25.9 Å². The maximum atomic E-state index is 11.7. The summed E-state index contributed by atoms with van der Waals surface area (Å²) in [6, 6.07) is 0.755. The fourth-order valence-corrected chi connectivity index (χ4v) is 1.46. The molecular formula is C12H19N3O4. The van der Waals surface area contributed by atoms with Gasteiger partial charge in [-0.15, -0.1) is 0 Å². The first-order chi connectivity index (χ1) is 8.79. The van der Waals surface area contributed by atoms with Crippen LogP contribution in [0.25, 0.3) is 0 Å². The minimum atomic E-state index is -0.947. The largest absolute Gasteiger partial charge is 0.481 e. The van der Waals surface area contributed by atoms with Gasteiger partial charge in [0.2, 0.25) is 0 Å². The fraction of sp³-hybridized carbons (Fsp3) is 0.583. The van der Waals surface area contributed by atoms with Gasteiger partial charge in [0.1, 0.15) is 12.0 Å². The molecule has 7 heteroatoms. The number of nitrogens with one attached hydrogen (secondary N) is 2. The molecule has 19 heavy (non-hydrogen) atoms. The summed E-state index contributed by atoms with van der Waals surface area (Å²) in [6.45, 7) is 5.85. The lowest BCUT2D eigenvalue weighted by Crippen LogP contribution is -2.48. The zero-order chi connectivity index (χ0) is 14.5. The molecule has 0 radical (unpaired) electrons. The van der Waals surface area contributed by atoms with E-state index in [9.17, 15) is 9.59 Å². The lowest BCUT2D eigenvalue weighted by Gasteiger charge is -2.30. The third kappa shape index (κ3) is 5.41. The SMILES string of the molecule is CC(C)(C)C(CC(=O)O)NC(=O)NCc1ccon1. The minimum Gasteiger partial charge on any atom is -0.481 e. The highest BCUT2D eigenvalue weighted by Gasteiger charge is 2.28. The first-order valence-corrected chi connectivity index (χ1v) is 5.94. The molecule has 1 heterocycles. The first-order valence-electron chi connectivity index (χ1n) is 5.94. The van der Waals surface area contributed by atoms with E-state index in [-0.39, 0.29) is 18.4 Å². The number of hydrogen-bond acceptors (Lipinski definition) is 4. The number of aliphatic carboxylic acids is 1. The van der Waals surface area contributed by atoms with E-state index in [1.165, 1.54) is 6.26 Å². The van der Waals surface area contributed by atoms with Crippen LogP contribution in [0.15, 0.2) is 16.9 Å². The number of carboxylic acid groups (broad SMARTS) is 1. The molecule has 0 aromatic carbocycles. The number of carboxylic acids is 1. The maximum absolute atomic E-state index is 11.7. The van der Waals surface area contributed by atoms with Crippen molar-refractivity contribution >= 4 is 12.0 Å². The second-order valence-corrected chi connectivity index (χ2v) is 5.33. The molecule has 0 bridgehead atoms. The van der Waals surface area contributed by atoms with Crippen molar-refractivity contribution in [1.82, 2.24) is 15.8 Å². The van der Waals surface area contributed by atoms with Gasteiger partial charge >= 0.3 is 12.0 Å². The summed E-state index contributed by atoms with van der Waals surface area (Å²) in [6.07, 6.45) is 1.29. The summed E-state index contributed by atoms with van der Waals surface area (Å²) >= 11 is 0. The normalized spacial score (nSPS) is 12.8. The summed E-state index contributed by atoms with van der Waals surface area (Å²) in [5.41, 5.74) is 0.254. The Hall–Kier alpha value is -2.05. The number of aromatic nitrogens is 1. The molecule has 1 aromatic rings. The molecule has 1 rings (SSSR count). The van der Waals surface area contributed by atoms with Crippen LogP contribution in [0.4, 0.5) is 4.79 Å². The second kappa shape index (κ2) is 6.21. The molecular weight excluding hydrogens is 250 g/mol. The highest BCUT2D eigenvalue weighted by Crippen LogP contribution is 2.21. The zero-order valence-electron chi connectivity index (χ0n) is 11.3. The molecule has 2 amide bonds. The van der Waals surface area contributed by atoms with Crippen LogP contribution < -0.4 is 10.6 Å². The molecule has 3 N–H and O–H groups in total. The van der Waals surface area contributed by atoms with Gasteiger partial charge in [-0.25, -0.2) is 4.79 Å². The maximum Gasteiger partial charge on any atom is 0.315 e. The standard InChI is InChI=1S/C12H19N3O4/c1-12(2,3)9(6-10(16)17)14-11(18)13-7-8-4-5-19-15-8/h4-5,9H,6-7H2,1-3H3,(H,16,17)(H2,13,14,18). The van der Waals surface area contributed by atoms with E-state index in [0.717, 1.165) is 0 Å². The smallest absolute Gasteiger partial charge is 0.315 e. The first kappa shape index (κ1) is 15.0. The van der Waals surface area contributed by atoms with Crippen LogP contribution in [0, 0.1) is 5.41 Å². The number of nitrogens with zero attached hydrogens (tertiary/aromatic N) is 1. The number of carbonyl (C=O) groups excluding carboxylic acids is 1. The Morgan fingerprint density at radius 3 is 2.63 bits per heavy atom. The highest BCUT2D eigenvalue weighted by atomic mass is 16.5. The van der Waals surface area contributed by atoms with E-state index >= 15 is 0 Å². The van der Waals surface area contributed by atoms with Crippen molar-refractivity contribution in [1.29, 1.82) is 0 Å². The van der Waals surface area contributed by atoms with Crippen molar-refractivity contribution in [2.45, 2.75) is 39.8 Å². The van der Waals surface area contributed by atoms with E-state index in [1.807, 2.05) is 20.8 Å². The van der Waals surface area contributed by atoms with Crippen LogP contribution in [0.1, 0.15) is 32.9 Å². The van der Waals surface area contributed by atoms with Gasteiger partial charge in [-0.05, 0) is 5.41 Å². The Kier molecular flexibility index (Phi) is 4.91. The molecule has 1 atom stereocenters. The van der Waals surface area contributed by atoms with Gasteiger partial charge in [0.25, 0.3) is 0 Å². The lowest BCUT2D eigenvalue weighted by atomic mass is 9.85. The zero-order valence-corrected chi connectivity index (χ0v) is 11.3. The Morgan fingerprint density at radius 1 is 1.47 bits per heavy atom. The Morgan fingerprint density at radius 2 is 2.16 bits per heavy atom. The second-order valence-electron chi connectivity index (χ2n) is 5.33. The van der Waals surface area contributed by atoms with Crippen molar-refractivity contribution in [3.8, 4) is 0 Å². The molecule has 0 aliphatic rings. The van der Waals surface area contributed by atoms with Crippen molar-refractivity contribution in [3.05, 3.63) is 18.0 Å². The van der Waals surface area contributed by atoms with Crippen LogP contribution in [0.5, 0.6) is 0 Å². The number of urea groups is 1. The third-order valence-corrected chi connectivity index (χ3v) is 2.65. The van der Waals surface area contributed by atoms with Crippen molar-refractivity contribution in [2.24, 2.45) is 5.41 Å². The van der Waals surface area contributed by atoms with Crippen LogP contribution in [-0.2, 0) is 11.3 Å². The van der Waals surface area contributed by atoms with Gasteiger partial charge in [-0.2, -0.15) is 0 Å². The molecule has 7 nitrogen and oxygen atoms in total. The summed E-state index contributed by atoms with van der Waals surface area (Å²) in [5, 5.41) is 17.8. The Labute approximate surface area is 111 Å². The summed E-state index contributed by atoms with van der Waals surface area (Å²) in [4.78, 5) is 22.5.